The molecule has 1 aliphatic carbocycles. The lowest BCUT2D eigenvalue weighted by atomic mass is 9.90. The molecule has 2 aliphatic rings. The van der Waals surface area contributed by atoms with Crippen molar-refractivity contribution in [2.75, 3.05) is 6.54 Å². The van der Waals surface area contributed by atoms with Gasteiger partial charge >= 0.3 is 5.63 Å². The number of aromatic amines is 1. The fourth-order valence-electron chi connectivity index (χ4n) is 4.92. The molecule has 1 saturated carbocycles. The van der Waals surface area contributed by atoms with Gasteiger partial charge in [0.25, 0.3) is 5.91 Å². The van der Waals surface area contributed by atoms with Crippen LogP contribution in [0.2, 0.25) is 0 Å². The number of carbonyl (C=O) groups is 1. The maximum absolute atomic E-state index is 12.9. The van der Waals surface area contributed by atoms with Gasteiger partial charge < -0.3 is 14.3 Å². The molecular formula is C23H24N2O3. The zero-order chi connectivity index (χ0) is 19.3. The quantitative estimate of drug-likeness (QED) is 0.752. The molecule has 1 aromatic carbocycles. The van der Waals surface area contributed by atoms with E-state index in [0.29, 0.717) is 24.1 Å². The van der Waals surface area contributed by atoms with Gasteiger partial charge in [0, 0.05) is 36.1 Å². The number of nitrogens with one attached hydrogen (secondary N) is 1. The van der Waals surface area contributed by atoms with E-state index in [4.69, 9.17) is 4.42 Å². The Kier molecular flexibility index (Phi) is 4.11. The van der Waals surface area contributed by atoms with Crippen molar-refractivity contribution in [1.29, 1.82) is 0 Å². The van der Waals surface area contributed by atoms with E-state index >= 15 is 0 Å². The molecule has 28 heavy (non-hydrogen) atoms. The van der Waals surface area contributed by atoms with Gasteiger partial charge in [-0.25, -0.2) is 4.79 Å². The Labute approximate surface area is 163 Å². The van der Waals surface area contributed by atoms with E-state index in [-0.39, 0.29) is 11.5 Å². The molecule has 144 valence electrons. The van der Waals surface area contributed by atoms with E-state index in [1.807, 2.05) is 42.3 Å². The number of fused-ring (bicyclic) bond motifs is 2. The molecule has 5 nitrogen and oxygen atoms in total. The van der Waals surface area contributed by atoms with Crippen molar-refractivity contribution in [2.45, 2.75) is 45.1 Å². The van der Waals surface area contributed by atoms with Crippen LogP contribution in [0.3, 0.4) is 0 Å². The van der Waals surface area contributed by atoms with Crippen LogP contribution in [0, 0.1) is 12.8 Å². The fraction of sp³-hybridized carbons (Fsp3) is 0.391. The topological polar surface area (TPSA) is 66.3 Å². The molecule has 0 bridgehead atoms. The summed E-state index contributed by atoms with van der Waals surface area (Å²) in [5, 5.41) is 1.19. The average molecular weight is 376 g/mol. The highest BCUT2D eigenvalue weighted by atomic mass is 16.4. The number of hydrogen-bond donors (Lipinski definition) is 1. The van der Waals surface area contributed by atoms with Crippen LogP contribution in [0.5, 0.6) is 0 Å². The molecule has 3 aromatic rings. The zero-order valence-corrected chi connectivity index (χ0v) is 16.0. The van der Waals surface area contributed by atoms with E-state index < -0.39 is 5.63 Å². The summed E-state index contributed by atoms with van der Waals surface area (Å²) in [7, 11) is 0. The fourth-order valence-corrected chi connectivity index (χ4v) is 4.92. The lowest BCUT2D eigenvalue weighted by molar-refractivity contribution is 0.0264. The second-order valence-electron chi connectivity index (χ2n) is 8.13. The van der Waals surface area contributed by atoms with Crippen LogP contribution in [0.25, 0.3) is 10.9 Å². The van der Waals surface area contributed by atoms with E-state index in [0.717, 1.165) is 30.5 Å². The van der Waals surface area contributed by atoms with E-state index in [9.17, 15) is 9.59 Å². The number of amides is 1. The monoisotopic (exact) mass is 376 g/mol. The van der Waals surface area contributed by atoms with Crippen LogP contribution in [-0.2, 0) is 12.8 Å². The Morgan fingerprint density at radius 1 is 1.25 bits per heavy atom. The minimum Gasteiger partial charge on any atom is -0.427 e. The number of carbonyl (C=O) groups excluding carboxylic acids is 1. The van der Waals surface area contributed by atoms with Gasteiger partial charge in [-0.2, -0.15) is 0 Å². The predicted octanol–water partition coefficient (Wildman–Crippen LogP) is 3.84. The van der Waals surface area contributed by atoms with E-state index in [1.165, 1.54) is 23.8 Å². The Balaban J connectivity index is 1.34. The number of hydrogen-bond acceptors (Lipinski definition) is 3. The summed E-state index contributed by atoms with van der Waals surface area (Å²) >= 11 is 0. The largest absolute Gasteiger partial charge is 0.427 e. The lowest BCUT2D eigenvalue weighted by Crippen LogP contribution is -2.56. The molecule has 0 spiro atoms. The maximum Gasteiger partial charge on any atom is 0.349 e. The second-order valence-corrected chi connectivity index (χ2v) is 8.13. The summed E-state index contributed by atoms with van der Waals surface area (Å²) in [4.78, 5) is 30.6. The predicted molar refractivity (Wildman–Crippen MR) is 108 cm³/mol. The van der Waals surface area contributed by atoms with Gasteiger partial charge in [-0.1, -0.05) is 24.6 Å². The van der Waals surface area contributed by atoms with Crippen molar-refractivity contribution in [3.05, 3.63) is 69.4 Å². The van der Waals surface area contributed by atoms with Crippen molar-refractivity contribution >= 4 is 16.8 Å². The highest BCUT2D eigenvalue weighted by Gasteiger charge is 2.45. The number of aryl methyl sites for hydroxylation is 3. The third-order valence-electron chi connectivity index (χ3n) is 6.44. The first kappa shape index (κ1) is 17.3. The van der Waals surface area contributed by atoms with Crippen LogP contribution in [-0.4, -0.2) is 28.4 Å². The van der Waals surface area contributed by atoms with E-state index in [2.05, 4.69) is 11.1 Å². The van der Waals surface area contributed by atoms with Crippen molar-refractivity contribution in [3.8, 4) is 0 Å². The molecule has 3 heterocycles. The molecule has 1 aliphatic heterocycles. The van der Waals surface area contributed by atoms with Crippen molar-refractivity contribution in [1.82, 2.24) is 9.88 Å². The minimum atomic E-state index is -0.500. The molecule has 2 atom stereocenters. The SMILES string of the molecule is Cc1cc(CCc2c[nH]c3ccccc23)oc(=O)c1C(=O)N1C[C@@H]2CCC[C@@H]21. The van der Waals surface area contributed by atoms with Crippen LogP contribution < -0.4 is 5.63 Å². The summed E-state index contributed by atoms with van der Waals surface area (Å²) in [6.45, 7) is 2.62. The molecule has 1 N–H and O–H groups in total. The highest BCUT2D eigenvalue weighted by Crippen LogP contribution is 2.39. The molecule has 2 aromatic heterocycles. The second kappa shape index (κ2) is 6.66. The zero-order valence-electron chi connectivity index (χ0n) is 16.0. The smallest absolute Gasteiger partial charge is 0.349 e. The summed E-state index contributed by atoms with van der Waals surface area (Å²) < 4.78 is 5.54. The Morgan fingerprint density at radius 2 is 2.11 bits per heavy atom. The number of benzene rings is 1. The van der Waals surface area contributed by atoms with Crippen LogP contribution >= 0.6 is 0 Å². The van der Waals surface area contributed by atoms with Crippen molar-refractivity contribution in [2.24, 2.45) is 5.92 Å². The van der Waals surface area contributed by atoms with Crippen LogP contribution in [0.15, 0.2) is 45.7 Å². The van der Waals surface area contributed by atoms with Gasteiger partial charge in [0.05, 0.1) is 0 Å². The van der Waals surface area contributed by atoms with E-state index in [1.54, 1.807) is 0 Å². The van der Waals surface area contributed by atoms with Crippen molar-refractivity contribution < 1.29 is 9.21 Å². The molecule has 5 rings (SSSR count). The van der Waals surface area contributed by atoms with Gasteiger partial charge in [-0.05, 0) is 55.4 Å². The molecular weight excluding hydrogens is 352 g/mol. The first-order valence-corrected chi connectivity index (χ1v) is 10.1. The molecule has 1 saturated heterocycles. The lowest BCUT2D eigenvalue weighted by Gasteiger charge is -2.44. The number of H-pyrrole nitrogens is 1. The molecule has 5 heteroatoms. The van der Waals surface area contributed by atoms with Gasteiger partial charge in [-0.3, -0.25) is 4.79 Å². The molecule has 0 radical (unpaired) electrons. The number of aromatic nitrogens is 1. The van der Waals surface area contributed by atoms with Gasteiger partial charge in [-0.15, -0.1) is 0 Å². The van der Waals surface area contributed by atoms with Gasteiger partial charge in [0.2, 0.25) is 0 Å². The average Bonchev–Trinajstić information content (AvgIpc) is 3.23. The first-order chi connectivity index (χ1) is 13.6. The number of para-hydroxylation sites is 1. The standard InChI is InChI=1S/C23H24N2O3/c1-14-11-17(10-9-15-12-24-19-7-3-2-6-18(15)19)28-23(27)21(14)22(26)25-13-16-5-4-8-20(16)25/h2-3,6-7,11-12,16,20,24H,4-5,8-10,13H2,1H3/t16-,20-/m0/s1. The maximum atomic E-state index is 12.9. The summed E-state index contributed by atoms with van der Waals surface area (Å²) in [5.74, 6) is 1.11. The Morgan fingerprint density at radius 3 is 2.93 bits per heavy atom. The number of nitrogens with zero attached hydrogens (tertiary/aromatic N) is 1. The molecule has 0 unspecified atom stereocenters. The number of likely N-dealkylation sites (tertiary alicyclic amines) is 1. The first-order valence-electron chi connectivity index (χ1n) is 10.1. The summed E-state index contributed by atoms with van der Waals surface area (Å²) in [6, 6.07) is 10.4. The normalized spacial score (nSPS) is 21.0. The highest BCUT2D eigenvalue weighted by molar-refractivity contribution is 5.96. The molecule has 1 amide bonds. The van der Waals surface area contributed by atoms with Gasteiger partial charge in [0.15, 0.2) is 0 Å². The molecule has 2 fully saturated rings. The summed E-state index contributed by atoms with van der Waals surface area (Å²) in [6.07, 6.45) is 6.85. The third-order valence-corrected chi connectivity index (χ3v) is 6.44. The summed E-state index contributed by atoms with van der Waals surface area (Å²) in [5.41, 5.74) is 2.73. The van der Waals surface area contributed by atoms with Crippen LogP contribution in [0.4, 0.5) is 0 Å². The van der Waals surface area contributed by atoms with Crippen LogP contribution in [0.1, 0.15) is 46.5 Å². The minimum absolute atomic E-state index is 0.155. The Hall–Kier alpha value is -2.82. The third kappa shape index (κ3) is 2.77. The van der Waals surface area contributed by atoms with Gasteiger partial charge in [0.1, 0.15) is 11.3 Å². The number of rotatable bonds is 4. The Bertz CT molecular complexity index is 1110. The van der Waals surface area contributed by atoms with Crippen molar-refractivity contribution in [3.63, 3.8) is 0 Å².